The maximum absolute atomic E-state index is 13.6. The molecule has 0 bridgehead atoms. The van der Waals surface area contributed by atoms with Crippen LogP contribution in [-0.4, -0.2) is 31.4 Å². The zero-order chi connectivity index (χ0) is 20.4. The van der Waals surface area contributed by atoms with E-state index in [0.717, 1.165) is 11.8 Å². The van der Waals surface area contributed by atoms with E-state index in [-0.39, 0.29) is 22.2 Å². The lowest BCUT2D eigenvalue weighted by Crippen LogP contribution is -2.16. The van der Waals surface area contributed by atoms with Crippen LogP contribution in [0.1, 0.15) is 0 Å². The van der Waals surface area contributed by atoms with Gasteiger partial charge in [0.2, 0.25) is 5.91 Å². The number of rotatable bonds is 5. The monoisotopic (exact) mass is 429 g/mol. The molecule has 2 aromatic heterocycles. The van der Waals surface area contributed by atoms with E-state index in [1.54, 1.807) is 30.3 Å². The van der Waals surface area contributed by atoms with E-state index in [1.807, 2.05) is 0 Å². The molecule has 0 atom stereocenters. The molecule has 146 valence electrons. The van der Waals surface area contributed by atoms with Crippen LogP contribution < -0.4 is 10.9 Å². The minimum atomic E-state index is -0.523. The molecule has 0 aliphatic rings. The Hall–Kier alpha value is -3.17. The Morgan fingerprint density at radius 3 is 2.72 bits per heavy atom. The van der Waals surface area contributed by atoms with E-state index in [9.17, 15) is 14.0 Å². The van der Waals surface area contributed by atoms with Gasteiger partial charge in [-0.05, 0) is 36.4 Å². The number of nitrogens with zero attached hydrogens (tertiary/aromatic N) is 3. The maximum Gasteiger partial charge on any atom is 0.262 e. The van der Waals surface area contributed by atoms with E-state index < -0.39 is 11.7 Å². The Morgan fingerprint density at radius 2 is 1.97 bits per heavy atom. The topological polar surface area (TPSA) is 92.7 Å². The molecule has 4 aromatic rings. The van der Waals surface area contributed by atoms with Crippen LogP contribution in [0, 0.1) is 5.82 Å². The highest BCUT2D eigenvalue weighted by atomic mass is 35.5. The number of para-hydroxylation sites is 1. The summed E-state index contributed by atoms with van der Waals surface area (Å²) in [4.78, 5) is 31.5. The number of hydrogen-bond donors (Lipinski definition) is 2. The number of hydrogen-bond acceptors (Lipinski definition) is 5. The molecule has 2 N–H and O–H groups in total. The van der Waals surface area contributed by atoms with Gasteiger partial charge in [-0.2, -0.15) is 5.10 Å². The number of halogens is 2. The third-order valence-electron chi connectivity index (χ3n) is 3.98. The van der Waals surface area contributed by atoms with Crippen molar-refractivity contribution in [3.8, 4) is 5.69 Å². The summed E-state index contributed by atoms with van der Waals surface area (Å²) in [5.41, 5.74) is 0.770. The second-order valence-electron chi connectivity index (χ2n) is 5.96. The Morgan fingerprint density at radius 1 is 1.21 bits per heavy atom. The SMILES string of the molecule is O=C(CSc1nc2c(cnn2-c2ccc(Cl)cc2)c(=O)[nH]1)Nc1ccccc1F. The molecule has 7 nitrogen and oxygen atoms in total. The van der Waals surface area contributed by atoms with Crippen LogP contribution in [0.5, 0.6) is 0 Å². The fraction of sp³-hybridized carbons (Fsp3) is 0.0526. The van der Waals surface area contributed by atoms with Gasteiger partial charge in [-0.1, -0.05) is 35.5 Å². The molecule has 0 saturated heterocycles. The average Bonchev–Trinajstić information content (AvgIpc) is 3.13. The Bertz CT molecular complexity index is 1260. The summed E-state index contributed by atoms with van der Waals surface area (Å²) in [6.45, 7) is 0. The minimum Gasteiger partial charge on any atom is -0.323 e. The zero-order valence-corrected chi connectivity index (χ0v) is 16.3. The van der Waals surface area contributed by atoms with Crippen molar-refractivity contribution in [3.63, 3.8) is 0 Å². The van der Waals surface area contributed by atoms with Crippen molar-refractivity contribution in [2.24, 2.45) is 0 Å². The summed E-state index contributed by atoms with van der Waals surface area (Å²) in [6, 6.07) is 12.8. The lowest BCUT2D eigenvalue weighted by atomic mass is 10.3. The molecule has 0 aliphatic carbocycles. The predicted octanol–water partition coefficient (Wildman–Crippen LogP) is 3.63. The van der Waals surface area contributed by atoms with Gasteiger partial charge >= 0.3 is 0 Å². The summed E-state index contributed by atoms with van der Waals surface area (Å²) in [7, 11) is 0. The lowest BCUT2D eigenvalue weighted by Gasteiger charge is -2.06. The average molecular weight is 430 g/mol. The number of fused-ring (bicyclic) bond motifs is 1. The summed E-state index contributed by atoms with van der Waals surface area (Å²) in [6.07, 6.45) is 1.43. The summed E-state index contributed by atoms with van der Waals surface area (Å²) >= 11 is 6.94. The van der Waals surface area contributed by atoms with Gasteiger partial charge in [0.1, 0.15) is 11.2 Å². The van der Waals surface area contributed by atoms with Crippen LogP contribution in [0.3, 0.4) is 0 Å². The molecule has 1 amide bonds. The van der Waals surface area contributed by atoms with Crippen LogP contribution in [0.15, 0.2) is 64.7 Å². The molecular formula is C19H13ClFN5O2S. The molecular weight excluding hydrogens is 417 g/mol. The third-order valence-corrected chi connectivity index (χ3v) is 5.10. The molecule has 4 rings (SSSR count). The lowest BCUT2D eigenvalue weighted by molar-refractivity contribution is -0.113. The van der Waals surface area contributed by atoms with E-state index in [1.165, 1.54) is 29.1 Å². The van der Waals surface area contributed by atoms with Crippen LogP contribution in [-0.2, 0) is 4.79 Å². The first-order chi connectivity index (χ1) is 14.0. The summed E-state index contributed by atoms with van der Waals surface area (Å²) in [5.74, 6) is -1.00. The molecule has 0 spiro atoms. The van der Waals surface area contributed by atoms with E-state index >= 15 is 0 Å². The van der Waals surface area contributed by atoms with Gasteiger partial charge in [0.25, 0.3) is 5.56 Å². The first kappa shape index (κ1) is 19.2. The molecule has 0 aliphatic heterocycles. The number of anilines is 1. The fourth-order valence-electron chi connectivity index (χ4n) is 2.62. The Balaban J connectivity index is 1.56. The second kappa shape index (κ2) is 8.06. The standard InChI is InChI=1S/C19H13ClFN5O2S/c20-11-5-7-12(8-6-11)26-17-13(9-22-26)18(28)25-19(24-17)29-10-16(27)23-15-4-2-1-3-14(15)21/h1-9H,10H2,(H,23,27)(H,24,25,28). The Labute approximate surface area is 172 Å². The summed E-state index contributed by atoms with van der Waals surface area (Å²) < 4.78 is 15.2. The van der Waals surface area contributed by atoms with Gasteiger partial charge in [0.05, 0.1) is 23.3 Å². The number of amides is 1. The largest absolute Gasteiger partial charge is 0.323 e. The molecule has 0 unspecified atom stereocenters. The van der Waals surface area contributed by atoms with E-state index in [4.69, 9.17) is 11.6 Å². The molecule has 10 heteroatoms. The van der Waals surface area contributed by atoms with Crippen molar-refractivity contribution >= 4 is 46.0 Å². The molecule has 2 heterocycles. The van der Waals surface area contributed by atoms with Gasteiger partial charge < -0.3 is 10.3 Å². The van der Waals surface area contributed by atoms with Crippen molar-refractivity contribution < 1.29 is 9.18 Å². The molecule has 0 saturated carbocycles. The van der Waals surface area contributed by atoms with Crippen LogP contribution in [0.4, 0.5) is 10.1 Å². The minimum absolute atomic E-state index is 0.0577. The number of aromatic amines is 1. The highest BCUT2D eigenvalue weighted by molar-refractivity contribution is 7.99. The van der Waals surface area contributed by atoms with Crippen LogP contribution >= 0.6 is 23.4 Å². The van der Waals surface area contributed by atoms with Gasteiger partial charge in [-0.25, -0.2) is 14.1 Å². The number of nitrogens with one attached hydrogen (secondary N) is 2. The summed E-state index contributed by atoms with van der Waals surface area (Å²) in [5, 5.41) is 7.85. The van der Waals surface area contributed by atoms with E-state index in [0.29, 0.717) is 21.7 Å². The molecule has 29 heavy (non-hydrogen) atoms. The fourth-order valence-corrected chi connectivity index (χ4v) is 3.40. The number of carbonyl (C=O) groups is 1. The first-order valence-electron chi connectivity index (χ1n) is 8.42. The van der Waals surface area contributed by atoms with Gasteiger partial charge in [-0.3, -0.25) is 9.59 Å². The second-order valence-corrected chi connectivity index (χ2v) is 7.36. The highest BCUT2D eigenvalue weighted by Crippen LogP contribution is 2.20. The quantitative estimate of drug-likeness (QED) is 0.373. The maximum atomic E-state index is 13.6. The number of aromatic nitrogens is 4. The molecule has 2 aromatic carbocycles. The highest BCUT2D eigenvalue weighted by Gasteiger charge is 2.13. The van der Waals surface area contributed by atoms with Crippen LogP contribution in [0.25, 0.3) is 16.7 Å². The van der Waals surface area contributed by atoms with Gasteiger partial charge in [0, 0.05) is 5.02 Å². The van der Waals surface area contributed by atoms with Gasteiger partial charge in [-0.15, -0.1) is 0 Å². The van der Waals surface area contributed by atoms with E-state index in [2.05, 4.69) is 20.4 Å². The van der Waals surface area contributed by atoms with Crippen molar-refractivity contribution in [1.29, 1.82) is 0 Å². The van der Waals surface area contributed by atoms with Crippen molar-refractivity contribution in [2.45, 2.75) is 5.16 Å². The number of benzene rings is 2. The molecule has 0 fully saturated rings. The number of thioether (sulfide) groups is 1. The zero-order valence-electron chi connectivity index (χ0n) is 14.7. The van der Waals surface area contributed by atoms with Crippen molar-refractivity contribution in [1.82, 2.24) is 19.7 Å². The number of H-pyrrole nitrogens is 1. The Kier molecular flexibility index (Phi) is 5.32. The number of carbonyl (C=O) groups excluding carboxylic acids is 1. The molecule has 0 radical (unpaired) electrons. The van der Waals surface area contributed by atoms with Crippen LogP contribution in [0.2, 0.25) is 5.02 Å². The predicted molar refractivity (Wildman–Crippen MR) is 110 cm³/mol. The van der Waals surface area contributed by atoms with Crippen molar-refractivity contribution in [2.75, 3.05) is 11.1 Å². The smallest absolute Gasteiger partial charge is 0.262 e. The normalized spacial score (nSPS) is 11.0. The third kappa shape index (κ3) is 4.15. The first-order valence-corrected chi connectivity index (χ1v) is 9.79. The van der Waals surface area contributed by atoms with Gasteiger partial charge in [0.15, 0.2) is 10.8 Å². The van der Waals surface area contributed by atoms with Crippen molar-refractivity contribution in [3.05, 3.63) is 75.9 Å².